The lowest BCUT2D eigenvalue weighted by molar-refractivity contribution is -0.116. The van der Waals surface area contributed by atoms with Gasteiger partial charge in [0.2, 0.25) is 5.91 Å². The van der Waals surface area contributed by atoms with E-state index in [0.29, 0.717) is 12.2 Å². The quantitative estimate of drug-likeness (QED) is 0.702. The van der Waals surface area contributed by atoms with Crippen LogP contribution in [-0.2, 0) is 11.8 Å². The third-order valence-corrected chi connectivity index (χ3v) is 2.21. The first kappa shape index (κ1) is 11.7. The fourth-order valence-electron chi connectivity index (χ4n) is 1.25. The zero-order valence-corrected chi connectivity index (χ0v) is 9.50. The Labute approximate surface area is 89.9 Å². The molecule has 1 aromatic heterocycles. The van der Waals surface area contributed by atoms with Crippen LogP contribution in [0.2, 0.25) is 0 Å². The first-order valence-electron chi connectivity index (χ1n) is 5.08. The molecule has 0 spiro atoms. The van der Waals surface area contributed by atoms with Crippen molar-refractivity contribution in [2.45, 2.75) is 19.8 Å². The van der Waals surface area contributed by atoms with E-state index in [1.165, 1.54) is 0 Å². The summed E-state index contributed by atoms with van der Waals surface area (Å²) in [5.41, 5.74) is 1.03. The van der Waals surface area contributed by atoms with Gasteiger partial charge in [0.1, 0.15) is 0 Å². The van der Waals surface area contributed by atoms with Crippen LogP contribution >= 0.6 is 0 Å². The van der Waals surface area contributed by atoms with Gasteiger partial charge in [-0.05, 0) is 26.9 Å². The van der Waals surface area contributed by atoms with E-state index in [-0.39, 0.29) is 5.91 Å². The van der Waals surface area contributed by atoms with Gasteiger partial charge in [0.05, 0.1) is 0 Å². The third kappa shape index (κ3) is 3.71. The van der Waals surface area contributed by atoms with Gasteiger partial charge in [-0.2, -0.15) is 5.10 Å². The van der Waals surface area contributed by atoms with Crippen LogP contribution in [0.25, 0.3) is 0 Å². The SMILES string of the molecule is CNCCCC(=O)Nc1cc(C)n(C)n1. The molecular weight excluding hydrogens is 192 g/mol. The van der Waals surface area contributed by atoms with Crippen LogP contribution in [0.4, 0.5) is 5.82 Å². The average Bonchev–Trinajstić information content (AvgIpc) is 2.46. The minimum atomic E-state index is 0.0170. The lowest BCUT2D eigenvalue weighted by Gasteiger charge is -2.01. The molecule has 1 amide bonds. The van der Waals surface area contributed by atoms with Crippen LogP contribution in [0.15, 0.2) is 6.07 Å². The fraction of sp³-hybridized carbons (Fsp3) is 0.600. The smallest absolute Gasteiger partial charge is 0.225 e. The van der Waals surface area contributed by atoms with Crippen molar-refractivity contribution in [2.75, 3.05) is 18.9 Å². The standard InChI is InChI=1S/C10H18N4O/c1-8-7-9(13-14(8)3)12-10(15)5-4-6-11-2/h7,11H,4-6H2,1-3H3,(H,12,13,15). The van der Waals surface area contributed by atoms with Gasteiger partial charge in [-0.25, -0.2) is 0 Å². The van der Waals surface area contributed by atoms with E-state index < -0.39 is 0 Å². The van der Waals surface area contributed by atoms with Crippen LogP contribution < -0.4 is 10.6 Å². The number of rotatable bonds is 5. The highest BCUT2D eigenvalue weighted by Gasteiger charge is 2.05. The molecule has 0 saturated heterocycles. The lowest BCUT2D eigenvalue weighted by atomic mass is 10.3. The van der Waals surface area contributed by atoms with Crippen molar-refractivity contribution in [3.05, 3.63) is 11.8 Å². The van der Waals surface area contributed by atoms with E-state index in [9.17, 15) is 4.79 Å². The number of amides is 1. The van der Waals surface area contributed by atoms with Gasteiger partial charge in [-0.15, -0.1) is 0 Å². The second-order valence-corrected chi connectivity index (χ2v) is 3.55. The minimum absolute atomic E-state index is 0.0170. The van der Waals surface area contributed by atoms with Gasteiger partial charge >= 0.3 is 0 Å². The number of hydrogen-bond acceptors (Lipinski definition) is 3. The van der Waals surface area contributed by atoms with Gasteiger partial charge in [-0.1, -0.05) is 0 Å². The average molecular weight is 210 g/mol. The van der Waals surface area contributed by atoms with E-state index in [4.69, 9.17) is 0 Å². The van der Waals surface area contributed by atoms with Crippen molar-refractivity contribution in [2.24, 2.45) is 7.05 Å². The molecule has 0 radical (unpaired) electrons. The molecule has 0 bridgehead atoms. The molecule has 5 nitrogen and oxygen atoms in total. The van der Waals surface area contributed by atoms with E-state index in [2.05, 4.69) is 15.7 Å². The van der Waals surface area contributed by atoms with Crippen LogP contribution in [-0.4, -0.2) is 29.3 Å². The van der Waals surface area contributed by atoms with Gasteiger partial charge in [-0.3, -0.25) is 9.48 Å². The Balaban J connectivity index is 2.37. The first-order chi connectivity index (χ1) is 7.13. The van der Waals surface area contributed by atoms with Gasteiger partial charge in [0, 0.05) is 25.2 Å². The molecule has 0 aliphatic heterocycles. The van der Waals surface area contributed by atoms with Crippen molar-refractivity contribution in [3.8, 4) is 0 Å². The zero-order chi connectivity index (χ0) is 11.3. The van der Waals surface area contributed by atoms with E-state index >= 15 is 0 Å². The van der Waals surface area contributed by atoms with Crippen LogP contribution in [0.5, 0.6) is 0 Å². The molecule has 0 aliphatic carbocycles. The minimum Gasteiger partial charge on any atom is -0.320 e. The third-order valence-electron chi connectivity index (χ3n) is 2.21. The summed E-state index contributed by atoms with van der Waals surface area (Å²) in [6.07, 6.45) is 1.37. The van der Waals surface area contributed by atoms with Crippen molar-refractivity contribution in [1.82, 2.24) is 15.1 Å². The molecule has 2 N–H and O–H groups in total. The lowest BCUT2D eigenvalue weighted by Crippen LogP contribution is -2.15. The summed E-state index contributed by atoms with van der Waals surface area (Å²) in [4.78, 5) is 11.4. The molecule has 0 aliphatic rings. The summed E-state index contributed by atoms with van der Waals surface area (Å²) in [7, 11) is 3.73. The first-order valence-corrected chi connectivity index (χ1v) is 5.08. The number of nitrogens with one attached hydrogen (secondary N) is 2. The summed E-state index contributed by atoms with van der Waals surface area (Å²) in [5, 5.41) is 9.91. The van der Waals surface area contributed by atoms with E-state index in [0.717, 1.165) is 18.7 Å². The second-order valence-electron chi connectivity index (χ2n) is 3.55. The molecule has 0 aromatic carbocycles. The monoisotopic (exact) mass is 210 g/mol. The molecular formula is C10H18N4O. The maximum Gasteiger partial charge on any atom is 0.225 e. The Morgan fingerprint density at radius 2 is 2.33 bits per heavy atom. The molecule has 0 fully saturated rings. The highest BCUT2D eigenvalue weighted by Crippen LogP contribution is 2.07. The largest absolute Gasteiger partial charge is 0.320 e. The molecule has 1 rings (SSSR count). The normalized spacial score (nSPS) is 10.3. The molecule has 1 heterocycles. The topological polar surface area (TPSA) is 59.0 Å². The summed E-state index contributed by atoms with van der Waals surface area (Å²) in [6.45, 7) is 2.80. The van der Waals surface area contributed by atoms with Gasteiger partial charge in [0.25, 0.3) is 0 Å². The number of aryl methyl sites for hydroxylation is 2. The van der Waals surface area contributed by atoms with Crippen molar-refractivity contribution >= 4 is 11.7 Å². The van der Waals surface area contributed by atoms with Crippen molar-refractivity contribution < 1.29 is 4.79 Å². The maximum atomic E-state index is 11.4. The molecule has 0 unspecified atom stereocenters. The van der Waals surface area contributed by atoms with Gasteiger partial charge < -0.3 is 10.6 Å². The number of carbonyl (C=O) groups is 1. The van der Waals surface area contributed by atoms with Crippen LogP contribution in [0, 0.1) is 6.92 Å². The summed E-state index contributed by atoms with van der Waals surface area (Å²) in [5.74, 6) is 0.646. The Bertz CT molecular complexity index is 313. The summed E-state index contributed by atoms with van der Waals surface area (Å²) >= 11 is 0. The number of anilines is 1. The highest BCUT2D eigenvalue weighted by atomic mass is 16.1. The van der Waals surface area contributed by atoms with Gasteiger partial charge in [0.15, 0.2) is 5.82 Å². The molecule has 84 valence electrons. The van der Waals surface area contributed by atoms with Crippen LogP contribution in [0.1, 0.15) is 18.5 Å². The fourth-order valence-corrected chi connectivity index (χ4v) is 1.25. The maximum absolute atomic E-state index is 11.4. The predicted octanol–water partition coefficient (Wildman–Crippen LogP) is 0.667. The predicted molar refractivity (Wildman–Crippen MR) is 59.7 cm³/mol. The molecule has 1 aromatic rings. The molecule has 5 heteroatoms. The van der Waals surface area contributed by atoms with Crippen molar-refractivity contribution in [1.29, 1.82) is 0 Å². The molecule has 0 atom stereocenters. The Kier molecular flexibility index (Phi) is 4.30. The van der Waals surface area contributed by atoms with E-state index in [1.54, 1.807) is 4.68 Å². The number of aromatic nitrogens is 2. The van der Waals surface area contributed by atoms with Crippen LogP contribution in [0.3, 0.4) is 0 Å². The zero-order valence-electron chi connectivity index (χ0n) is 9.50. The van der Waals surface area contributed by atoms with Crippen molar-refractivity contribution in [3.63, 3.8) is 0 Å². The second kappa shape index (κ2) is 5.50. The van der Waals surface area contributed by atoms with E-state index in [1.807, 2.05) is 27.1 Å². The summed E-state index contributed by atoms with van der Waals surface area (Å²) in [6, 6.07) is 1.86. The number of carbonyl (C=O) groups excluding carboxylic acids is 1. The Hall–Kier alpha value is -1.36. The summed E-state index contributed by atoms with van der Waals surface area (Å²) < 4.78 is 1.74. The number of hydrogen-bond donors (Lipinski definition) is 2. The Morgan fingerprint density at radius 3 is 2.87 bits per heavy atom. The molecule has 15 heavy (non-hydrogen) atoms. The number of nitrogens with zero attached hydrogens (tertiary/aromatic N) is 2. The Morgan fingerprint density at radius 1 is 1.60 bits per heavy atom. The molecule has 0 saturated carbocycles. The highest BCUT2D eigenvalue weighted by molar-refractivity contribution is 5.89.